The molecule has 2 fully saturated rings. The minimum Gasteiger partial charge on any atom is -0.396 e. The first kappa shape index (κ1) is 6.16. The number of aliphatic hydroxyl groups is 1. The Morgan fingerprint density at radius 3 is 3.00 bits per heavy atom. The normalized spacial score (nSPS) is 37.7. The smallest absolute Gasteiger partial charge is 0.224 e. The number of carbonyl (C=O) groups excluding carboxylic acids is 1. The molecule has 10 heavy (non-hydrogen) atoms. The maximum Gasteiger partial charge on any atom is 0.224 e. The number of hydrogen-bond donors (Lipinski definition) is 1. The molecule has 0 aromatic rings. The van der Waals surface area contributed by atoms with Gasteiger partial charge in [0.05, 0.1) is 0 Å². The number of nitrogens with zero attached hydrogens (tertiary/aromatic N) is 1. The van der Waals surface area contributed by atoms with Crippen molar-refractivity contribution < 1.29 is 9.90 Å². The van der Waals surface area contributed by atoms with E-state index in [2.05, 4.69) is 0 Å². The van der Waals surface area contributed by atoms with Gasteiger partial charge in [0.1, 0.15) is 0 Å². The predicted octanol–water partition coefficient (Wildman–Crippen LogP) is -0.401. The van der Waals surface area contributed by atoms with Crippen LogP contribution in [0.3, 0.4) is 0 Å². The average molecular weight is 141 g/mol. The largest absolute Gasteiger partial charge is 0.396 e. The molecule has 2 saturated heterocycles. The quantitative estimate of drug-likeness (QED) is 0.505. The van der Waals surface area contributed by atoms with Crippen molar-refractivity contribution in [2.24, 2.45) is 5.92 Å². The molecule has 2 rings (SSSR count). The molecule has 0 bridgehead atoms. The lowest BCUT2D eigenvalue weighted by molar-refractivity contribution is -0.142. The highest BCUT2D eigenvalue weighted by molar-refractivity contribution is 5.83. The topological polar surface area (TPSA) is 40.5 Å². The van der Waals surface area contributed by atoms with E-state index in [4.69, 9.17) is 5.11 Å². The number of amides is 1. The Labute approximate surface area is 59.6 Å². The third-order valence-corrected chi connectivity index (χ3v) is 2.49. The van der Waals surface area contributed by atoms with Gasteiger partial charge >= 0.3 is 0 Å². The van der Waals surface area contributed by atoms with Crippen LogP contribution in [-0.2, 0) is 4.79 Å². The molecule has 0 aromatic carbocycles. The van der Waals surface area contributed by atoms with E-state index in [-0.39, 0.29) is 12.5 Å². The molecule has 3 nitrogen and oxygen atoms in total. The molecule has 1 N–H and O–H groups in total. The highest BCUT2D eigenvalue weighted by Crippen LogP contribution is 2.33. The van der Waals surface area contributed by atoms with Crippen LogP contribution in [0.1, 0.15) is 12.8 Å². The van der Waals surface area contributed by atoms with Gasteiger partial charge in [-0.15, -0.1) is 0 Å². The Balaban J connectivity index is 1.99. The number of carbonyl (C=O) groups is 1. The molecule has 56 valence electrons. The van der Waals surface area contributed by atoms with Crippen LogP contribution in [0.4, 0.5) is 0 Å². The van der Waals surface area contributed by atoms with E-state index in [9.17, 15) is 4.79 Å². The number of hydrogen-bond acceptors (Lipinski definition) is 2. The van der Waals surface area contributed by atoms with Crippen LogP contribution in [0.25, 0.3) is 0 Å². The standard InChI is InChI=1S/C7H11NO2/c9-4-5-1-6-2-7(10)8(6)3-5/h5-6,9H,1-4H2/t5?,6-/m1/s1. The van der Waals surface area contributed by atoms with Crippen LogP contribution in [0.15, 0.2) is 0 Å². The summed E-state index contributed by atoms with van der Waals surface area (Å²) in [5, 5.41) is 8.78. The maximum absolute atomic E-state index is 10.8. The zero-order valence-corrected chi connectivity index (χ0v) is 5.79. The Hall–Kier alpha value is -0.570. The fourth-order valence-corrected chi connectivity index (χ4v) is 1.85. The van der Waals surface area contributed by atoms with Crippen LogP contribution in [-0.4, -0.2) is 35.1 Å². The molecule has 0 aromatic heterocycles. The van der Waals surface area contributed by atoms with E-state index in [0.29, 0.717) is 12.0 Å². The molecule has 2 atom stereocenters. The summed E-state index contributed by atoms with van der Waals surface area (Å²) in [6.45, 7) is 1.03. The molecule has 0 radical (unpaired) electrons. The van der Waals surface area contributed by atoms with Crippen LogP contribution >= 0.6 is 0 Å². The van der Waals surface area contributed by atoms with Gasteiger partial charge in [-0.3, -0.25) is 4.79 Å². The number of rotatable bonds is 1. The summed E-state index contributed by atoms with van der Waals surface area (Å²) in [5.74, 6) is 0.623. The van der Waals surface area contributed by atoms with E-state index in [1.807, 2.05) is 4.90 Å². The molecule has 2 aliphatic heterocycles. The monoisotopic (exact) mass is 141 g/mol. The molecule has 2 aliphatic rings. The second-order valence-electron chi connectivity index (χ2n) is 3.19. The molecule has 2 heterocycles. The lowest BCUT2D eigenvalue weighted by Crippen LogP contribution is -2.48. The van der Waals surface area contributed by atoms with Gasteiger partial charge in [0.25, 0.3) is 0 Å². The molecule has 3 heteroatoms. The van der Waals surface area contributed by atoms with Gasteiger partial charge in [0.2, 0.25) is 5.91 Å². The highest BCUT2D eigenvalue weighted by atomic mass is 16.3. The van der Waals surface area contributed by atoms with Gasteiger partial charge in [-0.25, -0.2) is 0 Å². The summed E-state index contributed by atoms with van der Waals surface area (Å²) >= 11 is 0. The Kier molecular flexibility index (Phi) is 1.20. The fourth-order valence-electron chi connectivity index (χ4n) is 1.85. The Morgan fingerprint density at radius 1 is 1.70 bits per heavy atom. The van der Waals surface area contributed by atoms with Crippen molar-refractivity contribution in [3.63, 3.8) is 0 Å². The van der Waals surface area contributed by atoms with Gasteiger partial charge in [-0.2, -0.15) is 0 Å². The minimum absolute atomic E-state index is 0.236. The SMILES string of the molecule is O=C1C[C@H]2CC(CO)CN12. The summed E-state index contributed by atoms with van der Waals surface area (Å²) in [4.78, 5) is 12.7. The summed E-state index contributed by atoms with van der Waals surface area (Å²) in [6.07, 6.45) is 1.73. The first-order valence-electron chi connectivity index (χ1n) is 3.71. The second-order valence-corrected chi connectivity index (χ2v) is 3.19. The van der Waals surface area contributed by atoms with E-state index >= 15 is 0 Å². The summed E-state index contributed by atoms with van der Waals surface area (Å²) in [7, 11) is 0. The van der Waals surface area contributed by atoms with Crippen molar-refractivity contribution in [2.45, 2.75) is 18.9 Å². The van der Waals surface area contributed by atoms with Gasteiger partial charge in [-0.1, -0.05) is 0 Å². The van der Waals surface area contributed by atoms with Crippen LogP contribution in [0.5, 0.6) is 0 Å². The zero-order valence-electron chi connectivity index (χ0n) is 5.79. The zero-order chi connectivity index (χ0) is 7.14. The second kappa shape index (κ2) is 1.95. The maximum atomic E-state index is 10.8. The molecule has 0 spiro atoms. The minimum atomic E-state index is 0.236. The van der Waals surface area contributed by atoms with E-state index < -0.39 is 0 Å². The lowest BCUT2D eigenvalue weighted by Gasteiger charge is -2.33. The van der Waals surface area contributed by atoms with Crippen molar-refractivity contribution in [3.8, 4) is 0 Å². The summed E-state index contributed by atoms with van der Waals surface area (Å²) < 4.78 is 0. The average Bonchev–Trinajstić information content (AvgIpc) is 2.26. The van der Waals surface area contributed by atoms with Crippen LogP contribution in [0, 0.1) is 5.92 Å². The molecule has 1 unspecified atom stereocenters. The molecule has 0 saturated carbocycles. The predicted molar refractivity (Wildman–Crippen MR) is 35.3 cm³/mol. The van der Waals surface area contributed by atoms with Crippen molar-refractivity contribution in [2.75, 3.05) is 13.2 Å². The first-order valence-corrected chi connectivity index (χ1v) is 3.71. The van der Waals surface area contributed by atoms with Gasteiger partial charge in [-0.05, 0) is 6.42 Å². The van der Waals surface area contributed by atoms with Crippen LogP contribution < -0.4 is 0 Å². The molecular formula is C7H11NO2. The van der Waals surface area contributed by atoms with Gasteiger partial charge in [0, 0.05) is 31.5 Å². The molecular weight excluding hydrogens is 130 g/mol. The molecule has 1 amide bonds. The number of fused-ring (bicyclic) bond motifs is 1. The Morgan fingerprint density at radius 2 is 2.50 bits per heavy atom. The number of aliphatic hydroxyl groups excluding tert-OH is 1. The number of β-lactam (4-membered cyclic amide) rings is 1. The van der Waals surface area contributed by atoms with E-state index in [1.165, 1.54) is 0 Å². The highest BCUT2D eigenvalue weighted by Gasteiger charge is 2.43. The fraction of sp³-hybridized carbons (Fsp3) is 0.857. The third kappa shape index (κ3) is 0.669. The lowest BCUT2D eigenvalue weighted by atomic mass is 10.0. The van der Waals surface area contributed by atoms with Crippen molar-refractivity contribution in [3.05, 3.63) is 0 Å². The van der Waals surface area contributed by atoms with E-state index in [0.717, 1.165) is 19.4 Å². The molecule has 0 aliphatic carbocycles. The summed E-state index contributed by atoms with van der Waals surface area (Å²) in [6, 6.07) is 0.477. The van der Waals surface area contributed by atoms with Gasteiger partial charge in [0.15, 0.2) is 0 Å². The third-order valence-electron chi connectivity index (χ3n) is 2.49. The van der Waals surface area contributed by atoms with Crippen molar-refractivity contribution in [1.29, 1.82) is 0 Å². The van der Waals surface area contributed by atoms with Crippen LogP contribution in [0.2, 0.25) is 0 Å². The van der Waals surface area contributed by atoms with Crippen molar-refractivity contribution in [1.82, 2.24) is 4.90 Å². The van der Waals surface area contributed by atoms with Gasteiger partial charge < -0.3 is 10.0 Å². The van der Waals surface area contributed by atoms with E-state index in [1.54, 1.807) is 0 Å². The first-order chi connectivity index (χ1) is 4.81. The Bertz CT molecular complexity index is 169. The van der Waals surface area contributed by atoms with Crippen molar-refractivity contribution >= 4 is 5.91 Å². The summed E-state index contributed by atoms with van der Waals surface area (Å²) in [5.41, 5.74) is 0.